The lowest BCUT2D eigenvalue weighted by Gasteiger charge is -2.32. The number of hydrogen-bond acceptors (Lipinski definition) is 7. The number of carbonyl (C=O) groups is 2. The normalized spacial score (nSPS) is 29.7. The molecule has 1 aromatic carbocycles. The fourth-order valence-electron chi connectivity index (χ4n) is 6.33. The second-order valence-corrected chi connectivity index (χ2v) is 11.0. The van der Waals surface area contributed by atoms with Crippen molar-refractivity contribution in [1.82, 2.24) is 26.2 Å². The number of rotatable bonds is 4. The molecule has 3 heterocycles. The number of benzene rings is 1. The van der Waals surface area contributed by atoms with Gasteiger partial charge in [0.1, 0.15) is 6.61 Å². The lowest BCUT2D eigenvalue weighted by Crippen LogP contribution is -2.45. The summed E-state index contributed by atoms with van der Waals surface area (Å²) in [5.41, 5.74) is 13.0. The molecule has 3 aliphatic heterocycles. The molecule has 1 saturated carbocycles. The minimum Gasteiger partial charge on any atom is -0.445 e. The number of fused-ring (bicyclic) bond motifs is 2. The Morgan fingerprint density at radius 1 is 1.09 bits per heavy atom. The van der Waals surface area contributed by atoms with Gasteiger partial charge in [0.2, 0.25) is 5.91 Å². The SMILES string of the molecule is Cc1cc(COC(=O)N2C[C@@H]3CN(C(=O)[C@@H]4CCC5NNNC5C4)C[C@H]3C2)c(C(C)C)cc1C#N. The Balaban J connectivity index is 1.13. The number of nitriles is 1. The highest BCUT2D eigenvalue weighted by Crippen LogP contribution is 2.35. The molecule has 35 heavy (non-hydrogen) atoms. The standard InChI is InChI=1S/C26H36N6O3/c1-15(2)22-7-18(9-27)16(3)6-19(22)14-35-26(34)32-12-20-10-31(11-21(20)13-32)25(33)17-4-5-23-24(8-17)29-30-28-23/h6-7,15,17,20-21,23-24,28-30H,4-5,8,10-14H2,1-3H3/t17-,20+,21+,23?,24?/m1/s1. The van der Waals surface area contributed by atoms with Gasteiger partial charge in [-0.2, -0.15) is 10.8 Å². The van der Waals surface area contributed by atoms with Crippen molar-refractivity contribution in [2.45, 2.75) is 64.6 Å². The fourth-order valence-corrected chi connectivity index (χ4v) is 6.33. The van der Waals surface area contributed by atoms with E-state index in [0.717, 1.165) is 49.0 Å². The Hall–Kier alpha value is -2.67. The van der Waals surface area contributed by atoms with Crippen LogP contribution in [0.2, 0.25) is 0 Å². The average molecular weight is 481 g/mol. The zero-order chi connectivity index (χ0) is 24.7. The third kappa shape index (κ3) is 4.75. The molecule has 4 aliphatic rings. The monoisotopic (exact) mass is 480 g/mol. The van der Waals surface area contributed by atoms with Crippen molar-refractivity contribution in [3.8, 4) is 6.07 Å². The molecule has 5 rings (SSSR count). The van der Waals surface area contributed by atoms with Crippen LogP contribution in [0, 0.1) is 36.0 Å². The van der Waals surface area contributed by atoms with Gasteiger partial charge in [-0.15, -0.1) is 0 Å². The van der Waals surface area contributed by atoms with Crippen molar-refractivity contribution in [1.29, 1.82) is 5.26 Å². The van der Waals surface area contributed by atoms with E-state index in [1.165, 1.54) is 0 Å². The van der Waals surface area contributed by atoms with Crippen LogP contribution in [0.4, 0.5) is 4.79 Å². The van der Waals surface area contributed by atoms with Crippen molar-refractivity contribution in [2.24, 2.45) is 17.8 Å². The predicted molar refractivity (Wildman–Crippen MR) is 130 cm³/mol. The summed E-state index contributed by atoms with van der Waals surface area (Å²) in [6, 6.07) is 6.83. The van der Waals surface area contributed by atoms with Crippen LogP contribution in [0.5, 0.6) is 0 Å². The van der Waals surface area contributed by atoms with Gasteiger partial charge in [0.15, 0.2) is 0 Å². The number of hydrogen-bond donors (Lipinski definition) is 3. The largest absolute Gasteiger partial charge is 0.445 e. The van der Waals surface area contributed by atoms with Gasteiger partial charge in [-0.25, -0.2) is 15.6 Å². The molecule has 188 valence electrons. The van der Waals surface area contributed by atoms with Gasteiger partial charge < -0.3 is 14.5 Å². The van der Waals surface area contributed by atoms with Crippen LogP contribution in [-0.4, -0.2) is 60.1 Å². The Bertz CT molecular complexity index is 1020. The number of aryl methyl sites for hydroxylation is 1. The number of nitrogens with zero attached hydrogens (tertiary/aromatic N) is 3. The molecule has 2 amide bonds. The Kier molecular flexibility index (Phi) is 6.71. The van der Waals surface area contributed by atoms with Crippen molar-refractivity contribution in [3.63, 3.8) is 0 Å². The third-order valence-electron chi connectivity index (χ3n) is 8.35. The summed E-state index contributed by atoms with van der Waals surface area (Å²) in [6.45, 7) is 9.01. The van der Waals surface area contributed by atoms with Crippen molar-refractivity contribution >= 4 is 12.0 Å². The van der Waals surface area contributed by atoms with Gasteiger partial charge in [0.25, 0.3) is 0 Å². The molecule has 0 aromatic heterocycles. The molecule has 9 heteroatoms. The van der Waals surface area contributed by atoms with Crippen molar-refractivity contribution in [2.75, 3.05) is 26.2 Å². The molecule has 5 atom stereocenters. The van der Waals surface area contributed by atoms with E-state index in [0.29, 0.717) is 42.6 Å². The van der Waals surface area contributed by atoms with Crippen LogP contribution in [0.15, 0.2) is 12.1 Å². The molecule has 3 saturated heterocycles. The molecule has 0 radical (unpaired) electrons. The summed E-state index contributed by atoms with van der Waals surface area (Å²) in [7, 11) is 0. The van der Waals surface area contributed by atoms with Crippen LogP contribution >= 0.6 is 0 Å². The van der Waals surface area contributed by atoms with E-state index >= 15 is 0 Å². The molecule has 1 aliphatic carbocycles. The fraction of sp³-hybridized carbons (Fsp3) is 0.654. The van der Waals surface area contributed by atoms with Gasteiger partial charge in [0.05, 0.1) is 11.6 Å². The average Bonchev–Trinajstić information content (AvgIpc) is 3.56. The molecular formula is C26H36N6O3. The van der Waals surface area contributed by atoms with E-state index in [1.54, 1.807) is 4.90 Å². The van der Waals surface area contributed by atoms with E-state index in [9.17, 15) is 14.9 Å². The first-order chi connectivity index (χ1) is 16.8. The van der Waals surface area contributed by atoms with E-state index in [2.05, 4.69) is 36.3 Å². The molecule has 0 bridgehead atoms. The number of nitrogens with one attached hydrogen (secondary N) is 3. The van der Waals surface area contributed by atoms with E-state index in [-0.39, 0.29) is 30.4 Å². The van der Waals surface area contributed by atoms with Crippen LogP contribution < -0.4 is 16.4 Å². The minimum absolute atomic E-state index is 0.0800. The number of ether oxygens (including phenoxy) is 1. The quantitative estimate of drug-likeness (QED) is 0.606. The first kappa shape index (κ1) is 24.0. The maximum absolute atomic E-state index is 13.2. The summed E-state index contributed by atoms with van der Waals surface area (Å²) in [5, 5.41) is 9.34. The lowest BCUT2D eigenvalue weighted by atomic mass is 9.82. The third-order valence-corrected chi connectivity index (χ3v) is 8.35. The maximum Gasteiger partial charge on any atom is 0.410 e. The van der Waals surface area contributed by atoms with Gasteiger partial charge in [0, 0.05) is 56.0 Å². The predicted octanol–water partition coefficient (Wildman–Crippen LogP) is 2.17. The number of amides is 2. The van der Waals surface area contributed by atoms with Crippen LogP contribution in [0.25, 0.3) is 0 Å². The molecule has 1 aromatic rings. The zero-order valence-corrected chi connectivity index (χ0v) is 20.8. The van der Waals surface area contributed by atoms with Crippen LogP contribution in [0.1, 0.15) is 61.3 Å². The molecule has 4 fully saturated rings. The highest BCUT2D eigenvalue weighted by Gasteiger charge is 2.46. The number of hydrazine groups is 2. The Morgan fingerprint density at radius 3 is 2.46 bits per heavy atom. The van der Waals surface area contributed by atoms with Crippen molar-refractivity contribution in [3.05, 3.63) is 34.4 Å². The van der Waals surface area contributed by atoms with Gasteiger partial charge >= 0.3 is 6.09 Å². The van der Waals surface area contributed by atoms with Gasteiger partial charge in [-0.3, -0.25) is 4.79 Å². The molecule has 9 nitrogen and oxygen atoms in total. The van der Waals surface area contributed by atoms with E-state index in [1.807, 2.05) is 24.0 Å². The van der Waals surface area contributed by atoms with Gasteiger partial charge in [-0.05, 0) is 54.9 Å². The molecule has 3 N–H and O–H groups in total. The van der Waals surface area contributed by atoms with Crippen LogP contribution in [-0.2, 0) is 16.1 Å². The number of carbonyl (C=O) groups excluding carboxylic acids is 2. The van der Waals surface area contributed by atoms with E-state index < -0.39 is 0 Å². The summed E-state index contributed by atoms with van der Waals surface area (Å²) in [4.78, 5) is 29.9. The minimum atomic E-state index is -0.292. The zero-order valence-electron chi connectivity index (χ0n) is 20.8. The molecule has 2 unspecified atom stereocenters. The van der Waals surface area contributed by atoms with Gasteiger partial charge in [-0.1, -0.05) is 19.9 Å². The number of likely N-dealkylation sites (tertiary alicyclic amines) is 2. The smallest absolute Gasteiger partial charge is 0.410 e. The summed E-state index contributed by atoms with van der Waals surface area (Å²) in [6.07, 6.45) is 2.49. The Labute approximate surface area is 207 Å². The summed E-state index contributed by atoms with van der Waals surface area (Å²) in [5.74, 6) is 1.23. The van der Waals surface area contributed by atoms with E-state index in [4.69, 9.17) is 4.74 Å². The highest BCUT2D eigenvalue weighted by atomic mass is 16.6. The highest BCUT2D eigenvalue weighted by molar-refractivity contribution is 5.79. The van der Waals surface area contributed by atoms with Crippen molar-refractivity contribution < 1.29 is 14.3 Å². The maximum atomic E-state index is 13.2. The first-order valence-electron chi connectivity index (χ1n) is 12.8. The molecule has 0 spiro atoms. The topological polar surface area (TPSA) is 110 Å². The molecular weight excluding hydrogens is 444 g/mol. The summed E-state index contributed by atoms with van der Waals surface area (Å²) < 4.78 is 5.71. The second kappa shape index (κ2) is 9.76. The van der Waals surface area contributed by atoms with Crippen LogP contribution in [0.3, 0.4) is 0 Å². The summed E-state index contributed by atoms with van der Waals surface area (Å²) >= 11 is 0. The lowest BCUT2D eigenvalue weighted by molar-refractivity contribution is -0.136. The second-order valence-electron chi connectivity index (χ2n) is 11.0. The first-order valence-corrected chi connectivity index (χ1v) is 12.8. The Morgan fingerprint density at radius 2 is 1.77 bits per heavy atom.